The molecule has 6 heteroatoms. The minimum Gasteiger partial charge on any atom is -0.382 e. The predicted octanol–water partition coefficient (Wildman–Crippen LogP) is 2.75. The quantitative estimate of drug-likeness (QED) is 0.689. The molecule has 0 aliphatic rings. The molecule has 1 unspecified atom stereocenters. The summed E-state index contributed by atoms with van der Waals surface area (Å²) in [7, 11) is 1.54. The average molecular weight is 271 g/mol. The molecule has 0 rings (SSSR count). The second-order valence-electron chi connectivity index (χ2n) is 5.30. The highest BCUT2D eigenvalue weighted by Gasteiger charge is 2.26. The molecule has 18 heavy (non-hydrogen) atoms. The molecule has 0 aromatic rings. The van der Waals surface area contributed by atoms with Gasteiger partial charge in [0.1, 0.15) is 0 Å². The third-order valence-corrected chi connectivity index (χ3v) is 2.17. The van der Waals surface area contributed by atoms with Crippen molar-refractivity contribution in [1.82, 2.24) is 5.32 Å². The lowest BCUT2D eigenvalue weighted by molar-refractivity contribution is -0.139. The topological polar surface area (TPSA) is 30.5 Å². The molecule has 0 spiro atoms. The number of methoxy groups -OCH3 is 1. The number of halogens is 3. The van der Waals surface area contributed by atoms with Gasteiger partial charge in [0.15, 0.2) is 0 Å². The molecule has 3 nitrogen and oxygen atoms in total. The van der Waals surface area contributed by atoms with E-state index in [4.69, 9.17) is 9.47 Å². The number of rotatable bonds is 8. The summed E-state index contributed by atoms with van der Waals surface area (Å²) in [5.41, 5.74) is -0.0542. The SMILES string of the molecule is COCC(CNC(C)(C)C)OCCCC(F)(F)F. The molecule has 0 aliphatic carbocycles. The standard InChI is InChI=1S/C12H24F3NO2/c1-11(2,3)16-8-10(9-17-4)18-7-5-6-12(13,14)15/h10,16H,5-9H2,1-4H3. The zero-order valence-electron chi connectivity index (χ0n) is 11.6. The van der Waals surface area contributed by atoms with Crippen LogP contribution in [0.15, 0.2) is 0 Å². The van der Waals surface area contributed by atoms with Crippen molar-refractivity contribution in [3.05, 3.63) is 0 Å². The Labute approximate surface area is 107 Å². The van der Waals surface area contributed by atoms with Crippen molar-refractivity contribution in [3.63, 3.8) is 0 Å². The van der Waals surface area contributed by atoms with E-state index in [1.165, 1.54) is 0 Å². The predicted molar refractivity (Wildman–Crippen MR) is 64.7 cm³/mol. The van der Waals surface area contributed by atoms with Crippen LogP contribution in [0.2, 0.25) is 0 Å². The first kappa shape index (κ1) is 17.7. The van der Waals surface area contributed by atoms with Gasteiger partial charge in [0, 0.05) is 32.2 Å². The number of ether oxygens (including phenoxy) is 2. The fourth-order valence-electron chi connectivity index (χ4n) is 1.29. The molecule has 1 N–H and O–H groups in total. The van der Waals surface area contributed by atoms with Crippen LogP contribution >= 0.6 is 0 Å². The number of hydrogen-bond acceptors (Lipinski definition) is 3. The van der Waals surface area contributed by atoms with E-state index in [0.717, 1.165) is 0 Å². The van der Waals surface area contributed by atoms with Crippen LogP contribution in [0.25, 0.3) is 0 Å². The van der Waals surface area contributed by atoms with Crippen molar-refractivity contribution >= 4 is 0 Å². The van der Waals surface area contributed by atoms with Crippen LogP contribution in [0.4, 0.5) is 13.2 Å². The van der Waals surface area contributed by atoms with E-state index in [2.05, 4.69) is 5.32 Å². The van der Waals surface area contributed by atoms with Gasteiger partial charge in [0.2, 0.25) is 0 Å². The van der Waals surface area contributed by atoms with Gasteiger partial charge in [-0.05, 0) is 27.2 Å². The molecule has 0 aromatic carbocycles. The third-order valence-electron chi connectivity index (χ3n) is 2.17. The Hall–Kier alpha value is -0.330. The molecule has 0 aliphatic heterocycles. The lowest BCUT2D eigenvalue weighted by Gasteiger charge is -2.25. The molecule has 0 saturated heterocycles. The van der Waals surface area contributed by atoms with Crippen molar-refractivity contribution in [2.24, 2.45) is 0 Å². The minimum atomic E-state index is -4.11. The smallest absolute Gasteiger partial charge is 0.382 e. The minimum absolute atomic E-state index is 0.0147. The Morgan fingerprint density at radius 3 is 2.22 bits per heavy atom. The van der Waals surface area contributed by atoms with Crippen LogP contribution in [0.1, 0.15) is 33.6 Å². The van der Waals surface area contributed by atoms with Crippen LogP contribution < -0.4 is 5.32 Å². The Bertz CT molecular complexity index is 214. The average Bonchev–Trinajstić information content (AvgIpc) is 2.18. The largest absolute Gasteiger partial charge is 0.389 e. The lowest BCUT2D eigenvalue weighted by Crippen LogP contribution is -2.43. The molecule has 110 valence electrons. The first-order valence-corrected chi connectivity index (χ1v) is 6.06. The molecule has 1 atom stereocenters. The second kappa shape index (κ2) is 7.96. The fraction of sp³-hybridized carbons (Fsp3) is 1.00. The normalized spacial score (nSPS) is 14.8. The molecule has 0 amide bonds. The van der Waals surface area contributed by atoms with E-state index in [1.807, 2.05) is 20.8 Å². The van der Waals surface area contributed by atoms with Crippen molar-refractivity contribution in [2.45, 2.75) is 51.4 Å². The fourth-order valence-corrected chi connectivity index (χ4v) is 1.29. The first-order chi connectivity index (χ1) is 8.14. The summed E-state index contributed by atoms with van der Waals surface area (Å²) in [5, 5.41) is 3.24. The van der Waals surface area contributed by atoms with Gasteiger partial charge < -0.3 is 14.8 Å². The van der Waals surface area contributed by atoms with Gasteiger partial charge in [-0.1, -0.05) is 0 Å². The van der Waals surface area contributed by atoms with Crippen molar-refractivity contribution in [3.8, 4) is 0 Å². The van der Waals surface area contributed by atoms with E-state index >= 15 is 0 Å². The molecule has 0 fully saturated rings. The highest BCUT2D eigenvalue weighted by Crippen LogP contribution is 2.21. The highest BCUT2D eigenvalue weighted by atomic mass is 19.4. The lowest BCUT2D eigenvalue weighted by atomic mass is 10.1. The van der Waals surface area contributed by atoms with Crippen LogP contribution in [0.5, 0.6) is 0 Å². The summed E-state index contributed by atoms with van der Waals surface area (Å²) in [4.78, 5) is 0. The Balaban J connectivity index is 3.83. The molecule has 0 radical (unpaired) electrons. The van der Waals surface area contributed by atoms with Crippen molar-refractivity contribution < 1.29 is 22.6 Å². The molecular formula is C12H24F3NO2. The van der Waals surface area contributed by atoms with Crippen molar-refractivity contribution in [1.29, 1.82) is 0 Å². The van der Waals surface area contributed by atoms with E-state index in [9.17, 15) is 13.2 Å². The number of alkyl halides is 3. The number of nitrogens with one attached hydrogen (secondary N) is 1. The van der Waals surface area contributed by atoms with E-state index < -0.39 is 12.6 Å². The van der Waals surface area contributed by atoms with Gasteiger partial charge in [-0.3, -0.25) is 0 Å². The summed E-state index contributed by atoms with van der Waals surface area (Å²) in [6.45, 7) is 7.07. The Morgan fingerprint density at radius 2 is 1.78 bits per heavy atom. The zero-order valence-corrected chi connectivity index (χ0v) is 11.6. The summed E-state index contributed by atoms with van der Waals surface area (Å²) in [5.74, 6) is 0. The molecule has 0 bridgehead atoms. The van der Waals surface area contributed by atoms with Gasteiger partial charge in [-0.2, -0.15) is 13.2 Å². The summed E-state index contributed by atoms with van der Waals surface area (Å²) in [6, 6.07) is 0. The van der Waals surface area contributed by atoms with Gasteiger partial charge in [0.25, 0.3) is 0 Å². The van der Waals surface area contributed by atoms with E-state index in [1.54, 1.807) is 7.11 Å². The van der Waals surface area contributed by atoms with E-state index in [-0.39, 0.29) is 24.7 Å². The second-order valence-corrected chi connectivity index (χ2v) is 5.30. The maximum atomic E-state index is 11.9. The van der Waals surface area contributed by atoms with E-state index in [0.29, 0.717) is 13.2 Å². The van der Waals surface area contributed by atoms with Crippen molar-refractivity contribution in [2.75, 3.05) is 26.9 Å². The monoisotopic (exact) mass is 271 g/mol. The zero-order chi connectivity index (χ0) is 14.2. The van der Waals surface area contributed by atoms with Gasteiger partial charge in [0.05, 0.1) is 12.7 Å². The third kappa shape index (κ3) is 12.1. The maximum absolute atomic E-state index is 11.9. The number of hydrogen-bond donors (Lipinski definition) is 1. The molecule has 0 heterocycles. The van der Waals surface area contributed by atoms with Gasteiger partial charge in [-0.15, -0.1) is 0 Å². The highest BCUT2D eigenvalue weighted by molar-refractivity contribution is 4.73. The summed E-state index contributed by atoms with van der Waals surface area (Å²) in [6.07, 6.45) is -5.15. The Kier molecular flexibility index (Phi) is 7.82. The summed E-state index contributed by atoms with van der Waals surface area (Å²) < 4.78 is 46.2. The van der Waals surface area contributed by atoms with Crippen LogP contribution in [-0.2, 0) is 9.47 Å². The van der Waals surface area contributed by atoms with Crippen LogP contribution in [-0.4, -0.2) is 44.7 Å². The van der Waals surface area contributed by atoms with Gasteiger partial charge >= 0.3 is 6.18 Å². The van der Waals surface area contributed by atoms with Crippen LogP contribution in [0, 0.1) is 0 Å². The van der Waals surface area contributed by atoms with Gasteiger partial charge in [-0.25, -0.2) is 0 Å². The molecule has 0 aromatic heterocycles. The summed E-state index contributed by atoms with van der Waals surface area (Å²) >= 11 is 0. The molecule has 0 saturated carbocycles. The Morgan fingerprint density at radius 1 is 1.17 bits per heavy atom. The van der Waals surface area contributed by atoms with Crippen LogP contribution in [0.3, 0.4) is 0 Å². The maximum Gasteiger partial charge on any atom is 0.389 e. The molecular weight excluding hydrogens is 247 g/mol. The first-order valence-electron chi connectivity index (χ1n) is 6.06.